The van der Waals surface area contributed by atoms with Gasteiger partial charge in [0.2, 0.25) is 0 Å². The molecule has 0 saturated heterocycles. The Morgan fingerprint density at radius 3 is 2.19 bits per heavy atom. The Morgan fingerprint density at radius 1 is 0.952 bits per heavy atom. The quantitative estimate of drug-likeness (QED) is 0.538. The fourth-order valence-electron chi connectivity index (χ4n) is 3.63. The van der Waals surface area contributed by atoms with Gasteiger partial charge < -0.3 is 4.90 Å². The van der Waals surface area contributed by atoms with Crippen molar-refractivity contribution in [3.8, 4) is 0 Å². The van der Waals surface area contributed by atoms with Crippen LogP contribution in [0, 0.1) is 0 Å². The van der Waals surface area contributed by atoms with Crippen LogP contribution in [0.25, 0.3) is 0 Å². The average Bonchev–Trinajstić information content (AvgIpc) is 2.52. The Labute approximate surface area is 131 Å². The van der Waals surface area contributed by atoms with E-state index in [1.165, 1.54) is 70.6 Å². The topological polar surface area (TPSA) is 18.6 Å². The molecule has 21 heavy (non-hydrogen) atoms. The fraction of sp³-hybridized carbons (Fsp3) is 0.944. The van der Waals surface area contributed by atoms with Crippen molar-refractivity contribution in [1.82, 2.24) is 4.90 Å². The summed E-state index contributed by atoms with van der Waals surface area (Å²) in [7, 11) is 4.32. The molecule has 2 saturated carbocycles. The highest BCUT2D eigenvalue weighted by atomic mass is 15.1. The second-order valence-electron chi connectivity index (χ2n) is 7.16. The molecule has 3 nitrogen and oxygen atoms in total. The summed E-state index contributed by atoms with van der Waals surface area (Å²) < 4.78 is 2.46. The highest BCUT2D eigenvalue weighted by Crippen LogP contribution is 2.21. The van der Waals surface area contributed by atoms with Crippen molar-refractivity contribution < 1.29 is 4.58 Å². The van der Waals surface area contributed by atoms with Gasteiger partial charge >= 0.3 is 6.01 Å². The lowest BCUT2D eigenvalue weighted by atomic mass is 9.95. The van der Waals surface area contributed by atoms with Gasteiger partial charge in [0.15, 0.2) is 6.04 Å². The van der Waals surface area contributed by atoms with E-state index in [-0.39, 0.29) is 0 Å². The molecule has 0 atom stereocenters. The van der Waals surface area contributed by atoms with E-state index in [4.69, 9.17) is 4.99 Å². The molecular weight excluding hydrogens is 258 g/mol. The Kier molecular flexibility index (Phi) is 7.46. The first kappa shape index (κ1) is 16.7. The highest BCUT2D eigenvalue weighted by Gasteiger charge is 2.21. The van der Waals surface area contributed by atoms with E-state index in [0.717, 1.165) is 13.1 Å². The largest absolute Gasteiger partial charge is 0.309 e. The molecule has 0 heterocycles. The number of hydrogen-bond acceptors (Lipinski definition) is 2. The van der Waals surface area contributed by atoms with Crippen molar-refractivity contribution >= 4 is 6.01 Å². The van der Waals surface area contributed by atoms with Gasteiger partial charge in [0.1, 0.15) is 6.04 Å². The lowest BCUT2D eigenvalue weighted by Gasteiger charge is -2.21. The van der Waals surface area contributed by atoms with Crippen LogP contribution in [0.5, 0.6) is 0 Å². The maximum absolute atomic E-state index is 4.82. The summed E-state index contributed by atoms with van der Waals surface area (Å²) in [5.41, 5.74) is 0. The Morgan fingerprint density at radius 2 is 1.57 bits per heavy atom. The van der Waals surface area contributed by atoms with Crippen molar-refractivity contribution in [3.05, 3.63) is 0 Å². The molecule has 2 rings (SSSR count). The second-order valence-corrected chi connectivity index (χ2v) is 7.16. The van der Waals surface area contributed by atoms with Crippen LogP contribution in [-0.4, -0.2) is 54.8 Å². The smallest absolute Gasteiger partial charge is 0.306 e. The molecule has 0 radical (unpaired) electrons. The molecule has 0 aromatic heterocycles. The van der Waals surface area contributed by atoms with Crippen LogP contribution in [0.4, 0.5) is 0 Å². The third kappa shape index (κ3) is 6.32. The Bertz CT molecular complexity index is 343. The lowest BCUT2D eigenvalue weighted by Crippen LogP contribution is -2.30. The SMILES string of the molecule is CN(C)CCC[N+](=C=NC1CCCCC1)C1CCCCC1. The molecular formula is C18H34N3+. The minimum atomic E-state index is 0.554. The summed E-state index contributed by atoms with van der Waals surface area (Å²) in [6.07, 6.45) is 14.8. The van der Waals surface area contributed by atoms with E-state index in [1.807, 2.05) is 0 Å². The molecule has 0 aliphatic heterocycles. The van der Waals surface area contributed by atoms with E-state index in [2.05, 4.69) is 29.6 Å². The van der Waals surface area contributed by atoms with Crippen molar-refractivity contribution in [2.45, 2.75) is 82.7 Å². The number of nitrogens with zero attached hydrogens (tertiary/aromatic N) is 3. The number of rotatable bonds is 6. The van der Waals surface area contributed by atoms with Gasteiger partial charge in [0, 0.05) is 6.54 Å². The third-order valence-electron chi connectivity index (χ3n) is 4.96. The van der Waals surface area contributed by atoms with Crippen LogP contribution in [0.3, 0.4) is 0 Å². The first-order valence-electron chi connectivity index (χ1n) is 9.12. The molecule has 2 fully saturated rings. The van der Waals surface area contributed by atoms with Crippen LogP contribution in [0.15, 0.2) is 4.99 Å². The molecule has 0 amide bonds. The minimum Gasteiger partial charge on any atom is -0.309 e. The summed E-state index contributed by atoms with van der Waals surface area (Å²) in [5, 5.41) is 0. The monoisotopic (exact) mass is 292 g/mol. The normalized spacial score (nSPS) is 21.3. The van der Waals surface area contributed by atoms with Gasteiger partial charge in [-0.1, -0.05) is 12.8 Å². The molecule has 0 bridgehead atoms. The van der Waals surface area contributed by atoms with Crippen molar-refractivity contribution in [3.63, 3.8) is 0 Å². The first-order chi connectivity index (χ1) is 10.3. The van der Waals surface area contributed by atoms with Gasteiger partial charge in [0.05, 0.1) is 6.54 Å². The van der Waals surface area contributed by atoms with E-state index < -0.39 is 0 Å². The second kappa shape index (κ2) is 9.38. The van der Waals surface area contributed by atoms with Crippen LogP contribution in [0.1, 0.15) is 70.6 Å². The highest BCUT2D eigenvalue weighted by molar-refractivity contribution is 5.35. The standard InChI is InChI=1S/C18H34N3/c1-20(2)14-9-15-21(18-12-7-4-8-13-18)16-19-17-10-5-3-6-11-17/h17-18H,3-15H2,1-2H3/q+1. The van der Waals surface area contributed by atoms with E-state index in [0.29, 0.717) is 12.1 Å². The predicted octanol–water partition coefficient (Wildman–Crippen LogP) is 3.79. The summed E-state index contributed by atoms with van der Waals surface area (Å²) in [6, 6.07) is 4.73. The molecule has 3 heteroatoms. The summed E-state index contributed by atoms with van der Waals surface area (Å²) in [5.74, 6) is 0. The van der Waals surface area contributed by atoms with Crippen LogP contribution < -0.4 is 0 Å². The van der Waals surface area contributed by atoms with E-state index in [9.17, 15) is 0 Å². The molecule has 120 valence electrons. The zero-order valence-corrected chi connectivity index (χ0v) is 14.2. The molecule has 0 aromatic carbocycles. The lowest BCUT2D eigenvalue weighted by molar-refractivity contribution is -0.564. The van der Waals surface area contributed by atoms with Crippen molar-refractivity contribution in [1.29, 1.82) is 0 Å². The molecule has 0 aromatic rings. The molecule has 0 N–H and O–H groups in total. The van der Waals surface area contributed by atoms with Crippen LogP contribution in [-0.2, 0) is 0 Å². The van der Waals surface area contributed by atoms with Crippen molar-refractivity contribution in [2.75, 3.05) is 27.2 Å². The third-order valence-corrected chi connectivity index (χ3v) is 4.96. The van der Waals surface area contributed by atoms with Gasteiger partial charge in [-0.2, -0.15) is 0 Å². The fourth-order valence-corrected chi connectivity index (χ4v) is 3.63. The zero-order valence-electron chi connectivity index (χ0n) is 14.2. The Balaban J connectivity index is 1.96. The van der Waals surface area contributed by atoms with E-state index in [1.54, 1.807) is 0 Å². The summed E-state index contributed by atoms with van der Waals surface area (Å²) in [4.78, 5) is 7.09. The molecule has 2 aliphatic rings. The maximum Gasteiger partial charge on any atom is 0.306 e. The van der Waals surface area contributed by atoms with Crippen LogP contribution in [0.2, 0.25) is 0 Å². The van der Waals surface area contributed by atoms with E-state index >= 15 is 0 Å². The average molecular weight is 292 g/mol. The Hall–Kier alpha value is -0.660. The van der Waals surface area contributed by atoms with Gasteiger partial charge in [0.25, 0.3) is 0 Å². The number of hydrogen-bond donors (Lipinski definition) is 0. The summed E-state index contributed by atoms with van der Waals surface area (Å²) in [6.45, 7) is 2.29. The molecule has 2 aliphatic carbocycles. The van der Waals surface area contributed by atoms with Gasteiger partial charge in [-0.05, 0) is 76.9 Å². The van der Waals surface area contributed by atoms with Crippen LogP contribution >= 0.6 is 0 Å². The molecule has 0 spiro atoms. The minimum absolute atomic E-state index is 0.554. The van der Waals surface area contributed by atoms with Crippen molar-refractivity contribution in [2.24, 2.45) is 4.99 Å². The van der Waals surface area contributed by atoms with Gasteiger partial charge in [-0.3, -0.25) is 0 Å². The predicted molar refractivity (Wildman–Crippen MR) is 89.5 cm³/mol. The maximum atomic E-state index is 4.82. The first-order valence-corrected chi connectivity index (χ1v) is 9.12. The summed E-state index contributed by atoms with van der Waals surface area (Å²) >= 11 is 0. The van der Waals surface area contributed by atoms with Gasteiger partial charge in [-0.15, -0.1) is 0 Å². The number of aliphatic imine (C=N–C) groups is 1. The zero-order chi connectivity index (χ0) is 14.9. The van der Waals surface area contributed by atoms with Gasteiger partial charge in [-0.25, -0.2) is 4.58 Å². The molecule has 0 unspecified atom stereocenters.